The lowest BCUT2D eigenvalue weighted by Gasteiger charge is -2.21. The Morgan fingerprint density at radius 3 is 1.06 bits per heavy atom. The van der Waals surface area contributed by atoms with Gasteiger partial charge in [0, 0.05) is 11.8 Å². The zero-order valence-electron chi connectivity index (χ0n) is 23.9. The monoisotopic (exact) mass is 689 g/mol. The summed E-state index contributed by atoms with van der Waals surface area (Å²) >= 11 is 0. The zero-order valence-corrected chi connectivity index (χ0v) is 25.5. The number of hydrogen-bond acceptors (Lipinski definition) is 8. The van der Waals surface area contributed by atoms with Gasteiger partial charge in [-0.05, 0) is 44.5 Å². The fourth-order valence-electron chi connectivity index (χ4n) is 5.83. The van der Waals surface area contributed by atoms with Crippen molar-refractivity contribution in [3.05, 3.63) is 119 Å². The van der Waals surface area contributed by atoms with Crippen LogP contribution in [0.15, 0.2) is 97.1 Å². The average molecular weight is 690 g/mol. The van der Waals surface area contributed by atoms with Crippen LogP contribution in [-0.2, 0) is 39.1 Å². The van der Waals surface area contributed by atoms with Crippen molar-refractivity contribution in [3.63, 3.8) is 0 Å². The summed E-state index contributed by atoms with van der Waals surface area (Å²) in [6.45, 7) is -1.55. The molecular weight excluding hydrogens is 666 g/mol. The highest BCUT2D eigenvalue weighted by Crippen LogP contribution is 2.46. The van der Waals surface area contributed by atoms with Gasteiger partial charge in [-0.25, -0.2) is 26.4 Å². The minimum Gasteiger partial charge on any atom is -0.459 e. The van der Waals surface area contributed by atoms with E-state index in [-0.39, 0.29) is 4.13 Å². The van der Waals surface area contributed by atoms with E-state index in [0.717, 1.165) is 22.3 Å². The van der Waals surface area contributed by atoms with Gasteiger partial charge in [-0.3, -0.25) is 0 Å². The fraction of sp³-hybridized carbons (Fsp3) is 0.188. The van der Waals surface area contributed by atoms with Gasteiger partial charge in [-0.15, -0.1) is 0 Å². The average Bonchev–Trinajstić information content (AvgIpc) is 3.54. The van der Waals surface area contributed by atoms with Crippen molar-refractivity contribution >= 4 is 32.0 Å². The van der Waals surface area contributed by atoms with Crippen molar-refractivity contribution in [2.75, 3.05) is 13.2 Å². The molecule has 0 atom stereocenters. The predicted octanol–water partition coefficient (Wildman–Crippen LogP) is 5.13. The highest BCUT2D eigenvalue weighted by atomic mass is 32.3. The molecule has 0 bridgehead atoms. The minimum absolute atomic E-state index is 0.136. The number of alkyl halides is 4. The highest BCUT2D eigenvalue weighted by molar-refractivity contribution is 8.06. The molecule has 4 aromatic rings. The third kappa shape index (κ3) is 5.37. The Hall–Kier alpha value is -4.60. The summed E-state index contributed by atoms with van der Waals surface area (Å²) < 4.78 is 118. The van der Waals surface area contributed by atoms with Gasteiger partial charge in [-0.2, -0.15) is 17.6 Å². The second-order valence-corrected chi connectivity index (χ2v) is 14.5. The zero-order chi connectivity index (χ0) is 33.8. The number of sulfonamides is 2. The molecule has 47 heavy (non-hydrogen) atoms. The minimum atomic E-state index is -6.74. The van der Waals surface area contributed by atoms with Crippen LogP contribution in [0.4, 0.5) is 17.6 Å². The SMILES string of the molecule is O=C(OCC1c2ccccc2-c2ccccc21)C(F)(F)S(=O)(=O)NS(=O)(=O)C(F)(F)C(=O)OCC1c2ccccc2-c2ccccc21. The molecule has 2 aliphatic carbocycles. The van der Waals surface area contributed by atoms with Gasteiger partial charge in [0.1, 0.15) is 13.2 Å². The van der Waals surface area contributed by atoms with Crippen molar-refractivity contribution in [1.82, 2.24) is 4.13 Å². The van der Waals surface area contributed by atoms with Gasteiger partial charge < -0.3 is 9.47 Å². The van der Waals surface area contributed by atoms with Gasteiger partial charge >= 0.3 is 42.5 Å². The Morgan fingerprint density at radius 1 is 0.532 bits per heavy atom. The maximum atomic E-state index is 14.9. The number of carbonyl (C=O) groups is 2. The maximum absolute atomic E-state index is 14.9. The Labute approximate surface area is 266 Å². The number of esters is 2. The Bertz CT molecular complexity index is 1900. The summed E-state index contributed by atoms with van der Waals surface area (Å²) in [5.74, 6) is -6.99. The molecule has 0 saturated heterocycles. The molecule has 4 aromatic carbocycles. The molecule has 6 rings (SSSR count). The van der Waals surface area contributed by atoms with Crippen LogP contribution in [0.2, 0.25) is 0 Å². The molecule has 0 fully saturated rings. The van der Waals surface area contributed by atoms with Gasteiger partial charge in [0.25, 0.3) is 0 Å². The van der Waals surface area contributed by atoms with Crippen molar-refractivity contribution in [2.24, 2.45) is 0 Å². The summed E-state index contributed by atoms with van der Waals surface area (Å²) in [6, 6.07) is 27.2. The second-order valence-electron chi connectivity index (χ2n) is 10.8. The van der Waals surface area contributed by atoms with Crippen molar-refractivity contribution < 1.29 is 53.5 Å². The maximum Gasteiger partial charge on any atom is 0.455 e. The van der Waals surface area contributed by atoms with E-state index in [9.17, 15) is 44.0 Å². The lowest BCUT2D eigenvalue weighted by atomic mass is 9.98. The van der Waals surface area contributed by atoms with E-state index in [1.54, 1.807) is 97.1 Å². The van der Waals surface area contributed by atoms with Crippen LogP contribution in [0.1, 0.15) is 34.1 Å². The lowest BCUT2D eigenvalue weighted by Crippen LogP contribution is -2.54. The largest absolute Gasteiger partial charge is 0.459 e. The smallest absolute Gasteiger partial charge is 0.455 e. The number of benzene rings is 4. The number of ether oxygens (including phenoxy) is 2. The Balaban J connectivity index is 1.14. The van der Waals surface area contributed by atoms with Crippen LogP contribution in [0, 0.1) is 0 Å². The number of halogens is 4. The number of fused-ring (bicyclic) bond motifs is 6. The molecule has 0 radical (unpaired) electrons. The van der Waals surface area contributed by atoms with E-state index < -0.39 is 67.5 Å². The Kier molecular flexibility index (Phi) is 7.97. The van der Waals surface area contributed by atoms with E-state index in [2.05, 4.69) is 9.47 Å². The Morgan fingerprint density at radius 2 is 0.787 bits per heavy atom. The van der Waals surface area contributed by atoms with Gasteiger partial charge in [0.05, 0.1) is 0 Å². The molecule has 0 heterocycles. The molecule has 1 N–H and O–H groups in total. The molecule has 0 spiro atoms. The molecular formula is C32H23F4NO8S2. The van der Waals surface area contributed by atoms with E-state index >= 15 is 0 Å². The molecule has 2 aliphatic rings. The number of hydrogen-bond donors (Lipinski definition) is 1. The number of nitrogens with one attached hydrogen (secondary N) is 1. The van der Waals surface area contributed by atoms with E-state index in [4.69, 9.17) is 0 Å². The molecule has 0 aromatic heterocycles. The fourth-order valence-corrected chi connectivity index (χ4v) is 8.38. The first-order chi connectivity index (χ1) is 22.2. The molecule has 0 aliphatic heterocycles. The molecule has 0 amide bonds. The van der Waals surface area contributed by atoms with Gasteiger partial charge in [0.15, 0.2) is 0 Å². The summed E-state index contributed by atoms with van der Waals surface area (Å²) in [7, 11) is -13.5. The first-order valence-corrected chi connectivity index (χ1v) is 16.9. The van der Waals surface area contributed by atoms with Crippen LogP contribution in [0.25, 0.3) is 22.3 Å². The van der Waals surface area contributed by atoms with Gasteiger partial charge in [0.2, 0.25) is 0 Å². The molecule has 244 valence electrons. The van der Waals surface area contributed by atoms with Crippen LogP contribution in [0.5, 0.6) is 0 Å². The molecule has 0 unspecified atom stereocenters. The number of carbonyl (C=O) groups excluding carboxylic acids is 2. The number of rotatable bonds is 10. The normalized spacial score (nSPS) is 14.6. The van der Waals surface area contributed by atoms with Crippen LogP contribution < -0.4 is 4.13 Å². The first kappa shape index (κ1) is 32.3. The third-order valence-corrected chi connectivity index (χ3v) is 11.5. The predicted molar refractivity (Wildman–Crippen MR) is 160 cm³/mol. The van der Waals surface area contributed by atoms with Crippen molar-refractivity contribution in [2.45, 2.75) is 22.3 Å². The highest BCUT2D eigenvalue weighted by Gasteiger charge is 2.62. The van der Waals surface area contributed by atoms with Gasteiger partial charge in [-0.1, -0.05) is 101 Å². The van der Waals surface area contributed by atoms with Crippen LogP contribution in [-0.4, -0.2) is 52.5 Å². The van der Waals surface area contributed by atoms with Crippen LogP contribution in [0.3, 0.4) is 0 Å². The summed E-state index contributed by atoms with van der Waals surface area (Å²) in [6.07, 6.45) is 0. The van der Waals surface area contributed by atoms with E-state index in [0.29, 0.717) is 22.3 Å². The van der Waals surface area contributed by atoms with Crippen LogP contribution >= 0.6 is 0 Å². The summed E-state index contributed by atoms with van der Waals surface area (Å²) in [5, 5.41) is -11.3. The molecule has 0 saturated carbocycles. The second kappa shape index (κ2) is 11.6. The third-order valence-electron chi connectivity index (χ3n) is 8.06. The first-order valence-electron chi connectivity index (χ1n) is 13.9. The van der Waals surface area contributed by atoms with Crippen molar-refractivity contribution in [3.8, 4) is 22.3 Å². The molecule has 9 nitrogen and oxygen atoms in total. The lowest BCUT2D eigenvalue weighted by molar-refractivity contribution is -0.161. The quantitative estimate of drug-likeness (QED) is 0.179. The van der Waals surface area contributed by atoms with Crippen molar-refractivity contribution in [1.29, 1.82) is 0 Å². The van der Waals surface area contributed by atoms with E-state index in [1.165, 1.54) is 0 Å². The summed E-state index contributed by atoms with van der Waals surface area (Å²) in [4.78, 5) is 24.7. The van der Waals surface area contributed by atoms with E-state index in [1.807, 2.05) is 0 Å². The molecule has 15 heteroatoms. The summed E-state index contributed by atoms with van der Waals surface area (Å²) in [5.41, 5.74) is 5.29. The topological polar surface area (TPSA) is 133 Å². The standard InChI is InChI=1S/C32H23F4NO8S2/c33-31(34,29(38)44-17-27-23-13-5-1-9-19(23)20-10-2-6-14-24(20)27)46(40,41)37-47(42,43)32(35,36)30(39)45-18-28-25-15-7-3-11-21(25)22-12-4-8-16-26(22)28/h1-16,27-28,37H,17-18H2.